The number of ether oxygens (including phenoxy) is 2. The summed E-state index contributed by atoms with van der Waals surface area (Å²) in [7, 11) is 1.62. The number of carbonyl (C=O) groups excluding carboxylic acids is 1. The van der Waals surface area contributed by atoms with Crippen LogP contribution in [0.25, 0.3) is 0 Å². The molecule has 1 aromatic heterocycles. The van der Waals surface area contributed by atoms with Crippen LogP contribution in [0, 0.1) is 0 Å². The van der Waals surface area contributed by atoms with Gasteiger partial charge in [0.2, 0.25) is 0 Å². The topological polar surface area (TPSA) is 53.4 Å². The smallest absolute Gasteiger partial charge is 0.346 e. The summed E-state index contributed by atoms with van der Waals surface area (Å²) in [6, 6.07) is 8.94. The van der Waals surface area contributed by atoms with Crippen LogP contribution in [0.3, 0.4) is 0 Å². The fourth-order valence-corrected chi connectivity index (χ4v) is 1.43. The highest BCUT2D eigenvalue weighted by Gasteiger charge is 2.10. The molecule has 0 fully saturated rings. The molecular weight excluding hydrogens is 232 g/mol. The van der Waals surface area contributed by atoms with Crippen molar-refractivity contribution in [2.24, 2.45) is 0 Å². The van der Waals surface area contributed by atoms with Crippen molar-refractivity contribution in [3.8, 4) is 5.75 Å². The number of carbonyl (C=O) groups is 1. The monoisotopic (exact) mass is 246 g/mol. The van der Waals surface area contributed by atoms with E-state index in [-0.39, 0.29) is 0 Å². The molecule has 94 valence electrons. The summed E-state index contributed by atoms with van der Waals surface area (Å²) in [6.07, 6.45) is 3.13. The summed E-state index contributed by atoms with van der Waals surface area (Å²) in [4.78, 5) is 11.8. The van der Waals surface area contributed by atoms with Crippen LogP contribution in [0.15, 0.2) is 42.7 Å². The molecule has 0 aliphatic carbocycles. The zero-order valence-corrected chi connectivity index (χ0v) is 10.1. The van der Waals surface area contributed by atoms with Crippen molar-refractivity contribution in [1.29, 1.82) is 0 Å². The van der Waals surface area contributed by atoms with E-state index < -0.39 is 5.97 Å². The summed E-state index contributed by atoms with van der Waals surface area (Å²) < 4.78 is 11.8. The Morgan fingerprint density at radius 1 is 1.33 bits per heavy atom. The molecule has 1 aromatic carbocycles. The van der Waals surface area contributed by atoms with Crippen LogP contribution in [0.4, 0.5) is 0 Å². The summed E-state index contributed by atoms with van der Waals surface area (Å²) >= 11 is 0. The van der Waals surface area contributed by atoms with Crippen molar-refractivity contribution in [3.63, 3.8) is 0 Å². The number of para-hydroxylation sites is 1. The van der Waals surface area contributed by atoms with E-state index in [2.05, 4.69) is 5.10 Å². The lowest BCUT2D eigenvalue weighted by atomic mass is 10.3. The van der Waals surface area contributed by atoms with E-state index in [0.717, 1.165) is 0 Å². The predicted molar refractivity (Wildman–Crippen MR) is 65.5 cm³/mol. The average molecular weight is 246 g/mol. The van der Waals surface area contributed by atoms with Gasteiger partial charge in [-0.1, -0.05) is 18.2 Å². The standard InChI is InChI=1S/C13H14N2O3/c1-17-8-7-15-10-11(9-14-15)13(16)18-12-5-3-2-4-6-12/h2-6,9-10H,7-8H2,1H3. The van der Waals surface area contributed by atoms with Gasteiger partial charge in [0.25, 0.3) is 0 Å². The van der Waals surface area contributed by atoms with E-state index in [1.54, 1.807) is 30.1 Å². The molecule has 0 unspecified atom stereocenters. The highest BCUT2D eigenvalue weighted by molar-refractivity contribution is 5.90. The van der Waals surface area contributed by atoms with E-state index in [9.17, 15) is 4.79 Å². The average Bonchev–Trinajstić information content (AvgIpc) is 2.86. The zero-order chi connectivity index (χ0) is 12.8. The Morgan fingerprint density at radius 3 is 2.83 bits per heavy atom. The minimum absolute atomic E-state index is 0.412. The largest absolute Gasteiger partial charge is 0.423 e. The van der Waals surface area contributed by atoms with Gasteiger partial charge in [-0.3, -0.25) is 4.68 Å². The molecule has 0 atom stereocenters. The summed E-state index contributed by atoms with van der Waals surface area (Å²) in [5.74, 6) is 0.108. The molecule has 0 N–H and O–H groups in total. The fraction of sp³-hybridized carbons (Fsp3) is 0.231. The first kappa shape index (κ1) is 12.3. The van der Waals surface area contributed by atoms with Gasteiger partial charge in [-0.05, 0) is 12.1 Å². The second kappa shape index (κ2) is 5.97. The van der Waals surface area contributed by atoms with Gasteiger partial charge < -0.3 is 9.47 Å². The molecule has 5 nitrogen and oxygen atoms in total. The maximum absolute atomic E-state index is 11.8. The first-order valence-electron chi connectivity index (χ1n) is 5.58. The molecule has 0 bridgehead atoms. The van der Waals surface area contributed by atoms with Crippen LogP contribution >= 0.6 is 0 Å². The molecule has 0 aliphatic heterocycles. The van der Waals surface area contributed by atoms with Gasteiger partial charge in [0, 0.05) is 13.3 Å². The lowest BCUT2D eigenvalue weighted by Gasteiger charge is -2.01. The molecule has 0 aliphatic rings. The fourth-order valence-electron chi connectivity index (χ4n) is 1.43. The SMILES string of the molecule is COCCn1cc(C(=O)Oc2ccccc2)cn1. The molecule has 0 amide bonds. The van der Waals surface area contributed by atoms with Crippen LogP contribution in [0.2, 0.25) is 0 Å². The highest BCUT2D eigenvalue weighted by Crippen LogP contribution is 2.11. The molecule has 0 spiro atoms. The van der Waals surface area contributed by atoms with Crippen LogP contribution in [-0.2, 0) is 11.3 Å². The Kier molecular flexibility index (Phi) is 4.09. The van der Waals surface area contributed by atoms with E-state index in [4.69, 9.17) is 9.47 Å². The normalized spacial score (nSPS) is 10.3. The van der Waals surface area contributed by atoms with Gasteiger partial charge in [0.15, 0.2) is 0 Å². The van der Waals surface area contributed by atoms with Crippen LogP contribution in [-0.4, -0.2) is 29.5 Å². The van der Waals surface area contributed by atoms with Crippen molar-refractivity contribution in [2.75, 3.05) is 13.7 Å². The summed E-state index contributed by atoms with van der Waals surface area (Å²) in [5, 5.41) is 4.05. The van der Waals surface area contributed by atoms with Crippen molar-refractivity contribution < 1.29 is 14.3 Å². The molecule has 0 saturated carbocycles. The number of rotatable bonds is 5. The molecular formula is C13H14N2O3. The second-order valence-electron chi connectivity index (χ2n) is 3.69. The quantitative estimate of drug-likeness (QED) is 0.595. The number of esters is 1. The molecule has 2 aromatic rings. The minimum Gasteiger partial charge on any atom is -0.423 e. The number of nitrogens with zero attached hydrogens (tertiary/aromatic N) is 2. The lowest BCUT2D eigenvalue weighted by molar-refractivity contribution is 0.0734. The summed E-state index contributed by atoms with van der Waals surface area (Å²) in [6.45, 7) is 1.16. The van der Waals surface area contributed by atoms with Crippen LogP contribution in [0.5, 0.6) is 5.75 Å². The number of hydrogen-bond acceptors (Lipinski definition) is 4. The molecule has 1 heterocycles. The number of methoxy groups -OCH3 is 1. The minimum atomic E-state index is -0.412. The molecule has 0 saturated heterocycles. The number of aromatic nitrogens is 2. The van der Waals surface area contributed by atoms with Crippen LogP contribution < -0.4 is 4.74 Å². The van der Waals surface area contributed by atoms with Crippen molar-refractivity contribution in [2.45, 2.75) is 6.54 Å². The summed E-state index contributed by atoms with van der Waals surface area (Å²) in [5.41, 5.74) is 0.426. The molecule has 0 radical (unpaired) electrons. The third kappa shape index (κ3) is 3.18. The number of hydrogen-bond donors (Lipinski definition) is 0. The van der Waals surface area contributed by atoms with Crippen molar-refractivity contribution >= 4 is 5.97 Å². The Morgan fingerprint density at radius 2 is 2.11 bits per heavy atom. The third-order valence-electron chi connectivity index (χ3n) is 2.35. The van der Waals surface area contributed by atoms with Gasteiger partial charge in [0.05, 0.1) is 24.9 Å². The Bertz CT molecular complexity index is 508. The maximum atomic E-state index is 11.8. The van der Waals surface area contributed by atoms with E-state index in [1.165, 1.54) is 6.20 Å². The first-order valence-corrected chi connectivity index (χ1v) is 5.58. The number of benzene rings is 1. The van der Waals surface area contributed by atoms with Gasteiger partial charge in [-0.25, -0.2) is 4.79 Å². The zero-order valence-electron chi connectivity index (χ0n) is 10.1. The van der Waals surface area contributed by atoms with Gasteiger partial charge in [-0.15, -0.1) is 0 Å². The maximum Gasteiger partial charge on any atom is 0.346 e. The molecule has 18 heavy (non-hydrogen) atoms. The Labute approximate surface area is 105 Å². The molecule has 5 heteroatoms. The predicted octanol–water partition coefficient (Wildman–Crippen LogP) is 1.75. The van der Waals surface area contributed by atoms with Gasteiger partial charge >= 0.3 is 5.97 Å². The van der Waals surface area contributed by atoms with Crippen LogP contribution in [0.1, 0.15) is 10.4 Å². The lowest BCUT2D eigenvalue weighted by Crippen LogP contribution is -2.08. The van der Waals surface area contributed by atoms with E-state index in [1.807, 2.05) is 18.2 Å². The van der Waals surface area contributed by atoms with Crippen molar-refractivity contribution in [1.82, 2.24) is 9.78 Å². The van der Waals surface area contributed by atoms with Gasteiger partial charge in [0.1, 0.15) is 5.75 Å². The van der Waals surface area contributed by atoms with Gasteiger partial charge in [-0.2, -0.15) is 5.10 Å². The van der Waals surface area contributed by atoms with E-state index >= 15 is 0 Å². The van der Waals surface area contributed by atoms with E-state index in [0.29, 0.717) is 24.5 Å². The Hall–Kier alpha value is -2.14. The first-order chi connectivity index (χ1) is 8.79. The molecule has 2 rings (SSSR count). The second-order valence-corrected chi connectivity index (χ2v) is 3.69. The highest BCUT2D eigenvalue weighted by atomic mass is 16.5. The third-order valence-corrected chi connectivity index (χ3v) is 2.35. The Balaban J connectivity index is 1.99. The van der Waals surface area contributed by atoms with Crippen molar-refractivity contribution in [3.05, 3.63) is 48.3 Å².